The van der Waals surface area contributed by atoms with Gasteiger partial charge in [0.05, 0.1) is 10.6 Å². The fourth-order valence-electron chi connectivity index (χ4n) is 3.10. The Morgan fingerprint density at radius 3 is 2.65 bits per heavy atom. The molecule has 5 nitrogen and oxygen atoms in total. The van der Waals surface area contributed by atoms with E-state index >= 15 is 0 Å². The number of nitrogens with one attached hydrogen (secondary N) is 1. The van der Waals surface area contributed by atoms with E-state index in [9.17, 15) is 17.6 Å². The third kappa shape index (κ3) is 3.17. The second-order valence-corrected chi connectivity index (χ2v) is 8.65. The van der Waals surface area contributed by atoms with Crippen molar-refractivity contribution < 1.29 is 17.6 Å². The Kier molecular flexibility index (Phi) is 4.16. The van der Waals surface area contributed by atoms with Crippen molar-refractivity contribution in [2.24, 2.45) is 5.92 Å². The molecule has 2 aromatic rings. The van der Waals surface area contributed by atoms with E-state index in [1.807, 2.05) is 0 Å². The molecule has 1 heterocycles. The average Bonchev–Trinajstić information content (AvgIpc) is 3.36. The van der Waals surface area contributed by atoms with Crippen molar-refractivity contribution in [3.8, 4) is 0 Å². The van der Waals surface area contributed by atoms with Crippen LogP contribution in [-0.2, 0) is 21.2 Å². The number of carbonyl (C=O) groups excluding carboxylic acids is 1. The first-order valence-electron chi connectivity index (χ1n) is 8.27. The summed E-state index contributed by atoms with van der Waals surface area (Å²) < 4.78 is 41.3. The van der Waals surface area contributed by atoms with Crippen LogP contribution in [0.2, 0.25) is 5.02 Å². The number of rotatable bonds is 4. The minimum Gasteiger partial charge on any atom is -0.312 e. The SMILES string of the molecule is O=C(C1CC1)N1CCc2cc(S(=O)(=O)Nc3ccc(Cl)cc3F)ccc21. The lowest BCUT2D eigenvalue weighted by atomic mass is 10.2. The Balaban J connectivity index is 1.61. The maximum atomic E-state index is 13.9. The van der Waals surface area contributed by atoms with Crippen LogP contribution in [-0.4, -0.2) is 20.9 Å². The fraction of sp³-hybridized carbons (Fsp3) is 0.278. The maximum Gasteiger partial charge on any atom is 0.261 e. The van der Waals surface area contributed by atoms with Gasteiger partial charge in [0, 0.05) is 23.2 Å². The van der Waals surface area contributed by atoms with Crippen molar-refractivity contribution in [1.82, 2.24) is 0 Å². The van der Waals surface area contributed by atoms with Crippen LogP contribution in [0.3, 0.4) is 0 Å². The molecule has 136 valence electrons. The van der Waals surface area contributed by atoms with Crippen LogP contribution in [0.15, 0.2) is 41.3 Å². The molecule has 0 atom stereocenters. The topological polar surface area (TPSA) is 66.5 Å². The predicted octanol–water partition coefficient (Wildman–Crippen LogP) is 3.58. The minimum absolute atomic E-state index is 0.0336. The normalized spacial score (nSPS) is 16.5. The van der Waals surface area contributed by atoms with Crippen LogP contribution in [0.1, 0.15) is 18.4 Å². The van der Waals surface area contributed by atoms with E-state index < -0.39 is 15.8 Å². The van der Waals surface area contributed by atoms with Crippen molar-refractivity contribution in [1.29, 1.82) is 0 Å². The molecule has 2 aromatic carbocycles. The van der Waals surface area contributed by atoms with Gasteiger partial charge in [0.2, 0.25) is 5.91 Å². The fourth-order valence-corrected chi connectivity index (χ4v) is 4.38. The van der Waals surface area contributed by atoms with Crippen molar-refractivity contribution in [2.75, 3.05) is 16.2 Å². The zero-order chi connectivity index (χ0) is 18.5. The van der Waals surface area contributed by atoms with Crippen molar-refractivity contribution in [3.63, 3.8) is 0 Å². The number of anilines is 2. The Labute approximate surface area is 155 Å². The third-order valence-electron chi connectivity index (χ3n) is 4.62. The van der Waals surface area contributed by atoms with Crippen LogP contribution in [0.4, 0.5) is 15.8 Å². The van der Waals surface area contributed by atoms with E-state index in [4.69, 9.17) is 11.6 Å². The molecule has 2 aliphatic rings. The number of hydrogen-bond acceptors (Lipinski definition) is 3. The molecule has 0 aromatic heterocycles. The molecular weight excluding hydrogens is 379 g/mol. The van der Waals surface area contributed by atoms with Gasteiger partial charge in [-0.25, -0.2) is 12.8 Å². The highest BCUT2D eigenvalue weighted by Crippen LogP contribution is 2.37. The molecule has 0 unspecified atom stereocenters. The maximum absolute atomic E-state index is 13.9. The van der Waals surface area contributed by atoms with Gasteiger partial charge in [0.25, 0.3) is 10.0 Å². The summed E-state index contributed by atoms with van der Waals surface area (Å²) in [6.45, 7) is 0.563. The van der Waals surface area contributed by atoms with Crippen molar-refractivity contribution >= 4 is 38.9 Å². The number of carbonyl (C=O) groups is 1. The number of amides is 1. The van der Waals surface area contributed by atoms with Gasteiger partial charge in [-0.3, -0.25) is 9.52 Å². The zero-order valence-corrected chi connectivity index (χ0v) is 15.3. The smallest absolute Gasteiger partial charge is 0.261 e. The molecule has 26 heavy (non-hydrogen) atoms. The first-order valence-corrected chi connectivity index (χ1v) is 10.1. The van der Waals surface area contributed by atoms with Crippen LogP contribution in [0, 0.1) is 11.7 Å². The van der Waals surface area contributed by atoms with E-state index in [0.717, 1.165) is 30.2 Å². The van der Waals surface area contributed by atoms with Gasteiger partial charge in [-0.2, -0.15) is 0 Å². The summed E-state index contributed by atoms with van der Waals surface area (Å²) in [5.41, 5.74) is 1.40. The highest BCUT2D eigenvalue weighted by molar-refractivity contribution is 7.92. The number of fused-ring (bicyclic) bond motifs is 1. The minimum atomic E-state index is -3.95. The van der Waals surface area contributed by atoms with E-state index in [0.29, 0.717) is 13.0 Å². The highest BCUT2D eigenvalue weighted by atomic mass is 35.5. The molecule has 1 N–H and O–H groups in total. The summed E-state index contributed by atoms with van der Waals surface area (Å²) in [5, 5.41) is 0.184. The molecule has 0 saturated heterocycles. The van der Waals surface area contributed by atoms with Crippen molar-refractivity contribution in [2.45, 2.75) is 24.2 Å². The standard InChI is InChI=1S/C18H16ClFN2O3S/c19-13-3-5-16(15(20)10-13)21-26(24,25)14-4-6-17-12(9-14)7-8-22(17)18(23)11-1-2-11/h3-6,9-11,21H,1-2,7-8H2. The molecule has 0 spiro atoms. The Morgan fingerprint density at radius 1 is 1.19 bits per heavy atom. The number of hydrogen-bond donors (Lipinski definition) is 1. The summed E-state index contributed by atoms with van der Waals surface area (Å²) >= 11 is 5.69. The summed E-state index contributed by atoms with van der Waals surface area (Å²) in [5.74, 6) is -0.525. The number of benzene rings is 2. The molecule has 1 fully saturated rings. The molecule has 1 aliphatic carbocycles. The molecule has 1 aliphatic heterocycles. The quantitative estimate of drug-likeness (QED) is 0.861. The summed E-state index contributed by atoms with van der Waals surface area (Å²) in [4.78, 5) is 14.1. The van der Waals surface area contributed by atoms with Gasteiger partial charge >= 0.3 is 0 Å². The molecule has 4 rings (SSSR count). The van der Waals surface area contributed by atoms with E-state index in [-0.39, 0.29) is 27.4 Å². The largest absolute Gasteiger partial charge is 0.312 e. The number of nitrogens with zero attached hydrogens (tertiary/aromatic N) is 1. The van der Waals surface area contributed by atoms with Gasteiger partial charge in [-0.15, -0.1) is 0 Å². The second kappa shape index (κ2) is 6.25. The lowest BCUT2D eigenvalue weighted by Crippen LogP contribution is -2.30. The second-order valence-electron chi connectivity index (χ2n) is 6.53. The van der Waals surface area contributed by atoms with Gasteiger partial charge in [0.15, 0.2) is 0 Å². The Hall–Kier alpha value is -2.12. The monoisotopic (exact) mass is 394 g/mol. The zero-order valence-electron chi connectivity index (χ0n) is 13.7. The molecule has 0 radical (unpaired) electrons. The molecule has 0 bridgehead atoms. The van der Waals surface area contributed by atoms with E-state index in [1.165, 1.54) is 18.2 Å². The summed E-state index contributed by atoms with van der Waals surface area (Å²) in [7, 11) is -3.95. The Morgan fingerprint density at radius 2 is 1.96 bits per heavy atom. The van der Waals surface area contributed by atoms with E-state index in [1.54, 1.807) is 17.0 Å². The molecular formula is C18H16ClFN2O3S. The Bertz CT molecular complexity index is 1010. The van der Waals surface area contributed by atoms with Crippen LogP contribution < -0.4 is 9.62 Å². The van der Waals surface area contributed by atoms with Crippen molar-refractivity contribution in [3.05, 3.63) is 52.8 Å². The predicted molar refractivity (Wildman–Crippen MR) is 97.4 cm³/mol. The first kappa shape index (κ1) is 17.3. The van der Waals surface area contributed by atoms with Gasteiger partial charge in [-0.05, 0) is 61.2 Å². The average molecular weight is 395 g/mol. The number of halogens is 2. The lowest BCUT2D eigenvalue weighted by molar-refractivity contribution is -0.119. The van der Waals surface area contributed by atoms with Crippen LogP contribution in [0.5, 0.6) is 0 Å². The summed E-state index contributed by atoms with van der Waals surface area (Å²) in [6, 6.07) is 8.36. The summed E-state index contributed by atoms with van der Waals surface area (Å²) in [6.07, 6.45) is 2.45. The molecule has 8 heteroatoms. The molecule has 1 saturated carbocycles. The van der Waals surface area contributed by atoms with Gasteiger partial charge in [-0.1, -0.05) is 11.6 Å². The lowest BCUT2D eigenvalue weighted by Gasteiger charge is -2.17. The first-order chi connectivity index (χ1) is 12.3. The van der Waals surface area contributed by atoms with Crippen LogP contribution >= 0.6 is 11.6 Å². The highest BCUT2D eigenvalue weighted by Gasteiger charge is 2.36. The van der Waals surface area contributed by atoms with Gasteiger partial charge < -0.3 is 4.90 Å². The molecule has 1 amide bonds. The number of sulfonamides is 1. The van der Waals surface area contributed by atoms with Crippen LogP contribution in [0.25, 0.3) is 0 Å². The van der Waals surface area contributed by atoms with Gasteiger partial charge in [0.1, 0.15) is 5.82 Å². The van der Waals surface area contributed by atoms with E-state index in [2.05, 4.69) is 4.72 Å². The third-order valence-corrected chi connectivity index (χ3v) is 6.22.